The fraction of sp³-hybridized carbons (Fsp3) is 0.0444. The Morgan fingerprint density at radius 1 is 0.367 bits per heavy atom. The average Bonchev–Trinajstić information content (AvgIpc) is 3.11. The summed E-state index contributed by atoms with van der Waals surface area (Å²) in [6, 6.07) is 50.3. The summed E-state index contributed by atoms with van der Waals surface area (Å²) in [5, 5.41) is 23.2. The van der Waals surface area contributed by atoms with E-state index in [9.17, 15) is 10.2 Å². The van der Waals surface area contributed by atoms with Gasteiger partial charge in [0.15, 0.2) is 0 Å². The molecule has 0 aliphatic carbocycles. The van der Waals surface area contributed by atoms with Crippen molar-refractivity contribution in [3.05, 3.63) is 178 Å². The van der Waals surface area contributed by atoms with Crippen LogP contribution in [0, 0.1) is 28.7 Å². The molecular weight excluding hydrogens is 765 g/mol. The Morgan fingerprint density at radius 2 is 0.694 bits per heavy atom. The maximum Gasteiger partial charge on any atom is 0.131 e. The maximum atomic E-state index is 11.6. The first-order chi connectivity index (χ1) is 22.5. The minimum Gasteiger partial charge on any atom is -0.507 e. The fourth-order valence-electron chi connectivity index (χ4n) is 6.26. The van der Waals surface area contributed by atoms with Crippen molar-refractivity contribution in [3.63, 3.8) is 0 Å². The quantitative estimate of drug-likeness (QED) is 0.130. The second-order valence-electron chi connectivity index (χ2n) is 11.6. The van der Waals surface area contributed by atoms with E-state index in [1.54, 1.807) is 0 Å². The third-order valence-corrected chi connectivity index (χ3v) is 8.41. The monoisotopic (exact) mass is 805 g/mol. The van der Waals surface area contributed by atoms with Gasteiger partial charge in [-0.25, -0.2) is 4.98 Å². The van der Waals surface area contributed by atoms with Crippen molar-refractivity contribution in [1.82, 2.24) is 4.98 Å². The van der Waals surface area contributed by atoms with Gasteiger partial charge in [-0.05, 0) is 83.6 Å². The van der Waals surface area contributed by atoms with Crippen LogP contribution in [-0.4, -0.2) is 15.2 Å². The van der Waals surface area contributed by atoms with E-state index >= 15 is 0 Å². The normalized spacial score (nSPS) is 10.3. The Kier molecular flexibility index (Phi) is 11.9. The minimum absolute atomic E-state index is 0. The Bertz CT molecular complexity index is 2040. The van der Waals surface area contributed by atoms with Crippen LogP contribution in [0.1, 0.15) is 11.1 Å². The van der Waals surface area contributed by atoms with E-state index < -0.39 is 0 Å². The van der Waals surface area contributed by atoms with Crippen molar-refractivity contribution in [2.45, 2.75) is 13.8 Å². The third-order valence-electron chi connectivity index (χ3n) is 8.41. The number of aromatic nitrogens is 1. The number of aryl methyl sites for hydroxylation is 2. The zero-order chi connectivity index (χ0) is 31.6. The van der Waals surface area contributed by atoms with Crippen LogP contribution < -0.4 is 0 Å². The number of aromatic hydroxyl groups is 2. The number of nitrogens with zero attached hydrogens (tertiary/aromatic N) is 1. The first-order valence-corrected chi connectivity index (χ1v) is 15.4. The smallest absolute Gasteiger partial charge is 0.131 e. The molecule has 2 N–H and O–H groups in total. The molecule has 0 fully saturated rings. The number of rotatable bonds is 6. The van der Waals surface area contributed by atoms with Gasteiger partial charge in [-0.3, -0.25) is 0 Å². The van der Waals surface area contributed by atoms with E-state index in [-0.39, 0.29) is 52.2 Å². The third kappa shape index (κ3) is 7.35. The van der Waals surface area contributed by atoms with Crippen LogP contribution in [0.2, 0.25) is 0 Å². The van der Waals surface area contributed by atoms with E-state index in [0.29, 0.717) is 0 Å². The number of pyridine rings is 1. The molecule has 0 aliphatic heterocycles. The molecular formula is C45H39HfNO2-2. The van der Waals surface area contributed by atoms with Crippen molar-refractivity contribution in [1.29, 1.82) is 0 Å². The van der Waals surface area contributed by atoms with Crippen molar-refractivity contribution < 1.29 is 36.1 Å². The Hall–Kier alpha value is -5.06. The summed E-state index contributed by atoms with van der Waals surface area (Å²) >= 11 is 0. The van der Waals surface area contributed by atoms with Gasteiger partial charge in [0.25, 0.3) is 0 Å². The molecule has 0 aliphatic rings. The summed E-state index contributed by atoms with van der Waals surface area (Å²) in [5.74, 6) is 0.491. The molecule has 0 unspecified atom stereocenters. The predicted octanol–water partition coefficient (Wildman–Crippen LogP) is 12.0. The van der Waals surface area contributed by atoms with Gasteiger partial charge < -0.3 is 25.1 Å². The molecule has 1 aromatic heterocycles. The molecule has 0 radical (unpaired) electrons. The van der Waals surface area contributed by atoms with E-state index in [1.807, 2.05) is 140 Å². The SMILES string of the molecule is Cc1cc(-c2ccccc2)c(O)c(-c2ccccc2-c2cccc(-c3ccccc3-c3cc(C)cc(-c4ccccc4)c3O)n2)c1.[CH3-].[CH3-].[Hf]. The van der Waals surface area contributed by atoms with Crippen LogP contribution in [0.5, 0.6) is 11.5 Å². The van der Waals surface area contributed by atoms with Crippen molar-refractivity contribution in [2.75, 3.05) is 0 Å². The molecule has 7 rings (SSSR count). The van der Waals surface area contributed by atoms with Gasteiger partial charge in [-0.15, -0.1) is 0 Å². The Balaban J connectivity index is 0.00000180. The largest absolute Gasteiger partial charge is 0.507 e. The maximum absolute atomic E-state index is 11.6. The van der Waals surface area contributed by atoms with Gasteiger partial charge in [0.05, 0.1) is 11.4 Å². The fourth-order valence-corrected chi connectivity index (χ4v) is 6.26. The van der Waals surface area contributed by atoms with Crippen LogP contribution >= 0.6 is 0 Å². The second-order valence-corrected chi connectivity index (χ2v) is 11.6. The molecule has 242 valence electrons. The topological polar surface area (TPSA) is 53.4 Å². The average molecular weight is 804 g/mol. The van der Waals surface area contributed by atoms with Gasteiger partial charge in [0, 0.05) is 59.2 Å². The predicted molar refractivity (Wildman–Crippen MR) is 202 cm³/mol. The molecule has 49 heavy (non-hydrogen) atoms. The summed E-state index contributed by atoms with van der Waals surface area (Å²) in [7, 11) is 0. The van der Waals surface area contributed by atoms with Gasteiger partial charge in [-0.2, -0.15) is 0 Å². The summed E-state index contributed by atoms with van der Waals surface area (Å²) in [6.07, 6.45) is 0. The molecule has 1 heterocycles. The van der Waals surface area contributed by atoms with E-state index in [4.69, 9.17) is 4.98 Å². The number of hydrogen-bond acceptors (Lipinski definition) is 3. The summed E-state index contributed by atoms with van der Waals surface area (Å²) in [6.45, 7) is 4.11. The van der Waals surface area contributed by atoms with Crippen molar-refractivity contribution in [3.8, 4) is 78.5 Å². The standard InChI is InChI=1S/C43H33NO2.2CH3.Hf/c1-28-24-36(30-14-5-3-6-15-30)42(45)38(26-28)32-18-9-11-20-34(32)40-22-13-23-41(44-40)35-21-12-10-19-33(35)39-27-29(2)25-37(43(39)46)31-16-7-4-8-17-31;;;/h3-27,45-46H,1-2H3;2*1H3;/q;2*-1;. The molecule has 7 aromatic rings. The van der Waals surface area contributed by atoms with Gasteiger partial charge in [0.1, 0.15) is 11.5 Å². The first kappa shape index (κ1) is 36.8. The van der Waals surface area contributed by atoms with E-state index in [1.165, 1.54) is 0 Å². The summed E-state index contributed by atoms with van der Waals surface area (Å²) in [5.41, 5.74) is 12.4. The van der Waals surface area contributed by atoms with Gasteiger partial charge in [0.2, 0.25) is 0 Å². The van der Waals surface area contributed by atoms with Crippen LogP contribution in [0.4, 0.5) is 0 Å². The van der Waals surface area contributed by atoms with Crippen LogP contribution in [0.3, 0.4) is 0 Å². The number of phenols is 2. The Labute approximate surface area is 309 Å². The van der Waals surface area contributed by atoms with Crippen LogP contribution in [-0.2, 0) is 25.8 Å². The molecule has 3 nitrogen and oxygen atoms in total. The van der Waals surface area contributed by atoms with Crippen molar-refractivity contribution in [2.24, 2.45) is 0 Å². The van der Waals surface area contributed by atoms with Gasteiger partial charge in [-0.1, -0.05) is 115 Å². The molecule has 0 bridgehead atoms. The Morgan fingerprint density at radius 3 is 1.08 bits per heavy atom. The molecule has 0 atom stereocenters. The summed E-state index contributed by atoms with van der Waals surface area (Å²) < 4.78 is 0. The number of hydrogen-bond donors (Lipinski definition) is 2. The van der Waals surface area contributed by atoms with Crippen LogP contribution in [0.15, 0.2) is 152 Å². The second kappa shape index (κ2) is 15.9. The number of phenolic OH excluding ortho intramolecular Hbond substituents is 2. The molecule has 0 spiro atoms. The minimum atomic E-state index is 0. The first-order valence-electron chi connectivity index (χ1n) is 15.4. The number of benzene rings is 6. The van der Waals surface area contributed by atoms with Crippen molar-refractivity contribution >= 4 is 0 Å². The molecule has 4 heteroatoms. The molecule has 6 aromatic carbocycles. The van der Waals surface area contributed by atoms with E-state index in [0.717, 1.165) is 78.1 Å². The molecule has 0 saturated carbocycles. The zero-order valence-electron chi connectivity index (χ0n) is 28.3. The summed E-state index contributed by atoms with van der Waals surface area (Å²) in [4.78, 5) is 5.19. The molecule has 0 amide bonds. The zero-order valence-corrected chi connectivity index (χ0v) is 31.9. The van der Waals surface area contributed by atoms with Crippen LogP contribution in [0.25, 0.3) is 67.0 Å². The van der Waals surface area contributed by atoms with Gasteiger partial charge >= 0.3 is 0 Å². The van der Waals surface area contributed by atoms with E-state index in [2.05, 4.69) is 26.0 Å². The molecule has 0 saturated heterocycles.